The molecule has 4 heterocycles. The maximum Gasteiger partial charge on any atom is 0.332 e. The number of aromatic amines is 1. The van der Waals surface area contributed by atoms with Crippen LogP contribution in [-0.4, -0.2) is 31.6 Å². The van der Waals surface area contributed by atoms with Crippen LogP contribution in [0.1, 0.15) is 26.8 Å². The molecule has 0 spiro atoms. The van der Waals surface area contributed by atoms with Crippen LogP contribution >= 0.6 is 11.3 Å². The monoisotopic (exact) mass is 459 g/mol. The van der Waals surface area contributed by atoms with Crippen LogP contribution in [0.5, 0.6) is 0 Å². The Labute approximate surface area is 192 Å². The second-order valence-corrected chi connectivity index (χ2v) is 8.82. The molecule has 0 aliphatic rings. The lowest BCUT2D eigenvalue weighted by Gasteiger charge is -2.16. The standard InChI is InChI=1S/C24H21N5O3S/c1-28-21-15(23(31)29(2)24(28)32)9-10-19(27-21)22(30)26-13-17(20-8-5-11-33-20)16-12-25-18-7-4-3-6-14(16)18/h3-12,17,25H,13H2,1-2H3,(H,26,30). The molecule has 1 atom stereocenters. The fourth-order valence-corrected chi connectivity index (χ4v) is 4.95. The molecule has 0 bridgehead atoms. The summed E-state index contributed by atoms with van der Waals surface area (Å²) in [5.41, 5.74) is 1.54. The molecular formula is C24H21N5O3S. The van der Waals surface area contributed by atoms with E-state index in [0.29, 0.717) is 6.54 Å². The summed E-state index contributed by atoms with van der Waals surface area (Å²) in [6.45, 7) is 0.371. The normalized spacial score (nSPS) is 12.3. The zero-order valence-electron chi connectivity index (χ0n) is 18.0. The van der Waals surface area contributed by atoms with Gasteiger partial charge in [-0.3, -0.25) is 18.7 Å². The highest BCUT2D eigenvalue weighted by Gasteiger charge is 2.21. The summed E-state index contributed by atoms with van der Waals surface area (Å²) < 4.78 is 2.30. The molecular weight excluding hydrogens is 438 g/mol. The van der Waals surface area contributed by atoms with Crippen LogP contribution in [-0.2, 0) is 14.1 Å². The number of amides is 1. The van der Waals surface area contributed by atoms with Crippen molar-refractivity contribution in [1.82, 2.24) is 24.4 Å². The Hall–Kier alpha value is -3.98. The summed E-state index contributed by atoms with van der Waals surface area (Å²) in [6.07, 6.45) is 1.99. The number of pyridine rings is 1. The minimum atomic E-state index is -0.491. The number of aryl methyl sites for hydroxylation is 1. The molecule has 1 amide bonds. The topological polar surface area (TPSA) is 102 Å². The Morgan fingerprint density at radius 2 is 1.88 bits per heavy atom. The molecule has 0 aliphatic heterocycles. The van der Waals surface area contributed by atoms with Gasteiger partial charge in [0.15, 0.2) is 0 Å². The van der Waals surface area contributed by atoms with Crippen molar-refractivity contribution in [2.45, 2.75) is 5.92 Å². The summed E-state index contributed by atoms with van der Waals surface area (Å²) in [6, 6.07) is 15.2. The number of fused-ring (bicyclic) bond motifs is 2. The maximum atomic E-state index is 13.0. The molecule has 166 valence electrons. The summed E-state index contributed by atoms with van der Waals surface area (Å²) in [5, 5.41) is 6.40. The minimum absolute atomic E-state index is 0.0396. The summed E-state index contributed by atoms with van der Waals surface area (Å²) in [4.78, 5) is 46.4. The number of carbonyl (C=O) groups excluding carboxylic acids is 1. The van der Waals surface area contributed by atoms with Crippen molar-refractivity contribution in [3.63, 3.8) is 0 Å². The Kier molecular flexibility index (Phi) is 5.18. The highest BCUT2D eigenvalue weighted by molar-refractivity contribution is 7.10. The van der Waals surface area contributed by atoms with Gasteiger partial charge in [-0.1, -0.05) is 24.3 Å². The van der Waals surface area contributed by atoms with E-state index in [-0.39, 0.29) is 28.6 Å². The molecule has 4 aromatic heterocycles. The van der Waals surface area contributed by atoms with Gasteiger partial charge in [0.05, 0.1) is 5.39 Å². The smallest absolute Gasteiger partial charge is 0.332 e. The van der Waals surface area contributed by atoms with Crippen LogP contribution in [0, 0.1) is 0 Å². The lowest BCUT2D eigenvalue weighted by Crippen LogP contribution is -2.37. The van der Waals surface area contributed by atoms with E-state index >= 15 is 0 Å². The molecule has 8 nitrogen and oxygen atoms in total. The number of carbonyl (C=O) groups is 1. The third-order valence-electron chi connectivity index (χ3n) is 5.88. The van der Waals surface area contributed by atoms with Gasteiger partial charge in [-0.05, 0) is 35.2 Å². The average molecular weight is 460 g/mol. The van der Waals surface area contributed by atoms with E-state index in [1.807, 2.05) is 35.8 Å². The Bertz CT molecular complexity index is 1610. The van der Waals surface area contributed by atoms with Crippen LogP contribution < -0.4 is 16.6 Å². The average Bonchev–Trinajstić information content (AvgIpc) is 3.52. The number of rotatable bonds is 5. The fraction of sp³-hybridized carbons (Fsp3) is 0.167. The van der Waals surface area contributed by atoms with Gasteiger partial charge >= 0.3 is 5.69 Å². The molecule has 1 aromatic carbocycles. The van der Waals surface area contributed by atoms with Gasteiger partial charge in [0.25, 0.3) is 11.5 Å². The molecule has 2 N–H and O–H groups in total. The second kappa shape index (κ2) is 8.18. The highest BCUT2D eigenvalue weighted by atomic mass is 32.1. The molecule has 5 aromatic rings. The molecule has 0 aliphatic carbocycles. The first-order chi connectivity index (χ1) is 16.0. The Balaban J connectivity index is 1.47. The number of nitrogens with one attached hydrogen (secondary N) is 2. The molecule has 0 saturated heterocycles. The zero-order valence-corrected chi connectivity index (χ0v) is 18.8. The number of benzene rings is 1. The maximum absolute atomic E-state index is 13.0. The number of para-hydroxylation sites is 1. The first-order valence-electron chi connectivity index (χ1n) is 10.4. The van der Waals surface area contributed by atoms with Crippen LogP contribution in [0.2, 0.25) is 0 Å². The molecule has 1 unspecified atom stereocenters. The number of hydrogen-bond donors (Lipinski definition) is 2. The molecule has 33 heavy (non-hydrogen) atoms. The van der Waals surface area contributed by atoms with Crippen LogP contribution in [0.3, 0.4) is 0 Å². The van der Waals surface area contributed by atoms with Gasteiger partial charge in [-0.15, -0.1) is 11.3 Å². The third kappa shape index (κ3) is 3.56. The van der Waals surface area contributed by atoms with Crippen LogP contribution in [0.4, 0.5) is 0 Å². The van der Waals surface area contributed by atoms with E-state index < -0.39 is 11.2 Å². The van der Waals surface area contributed by atoms with Crippen molar-refractivity contribution in [3.8, 4) is 0 Å². The molecule has 0 fully saturated rings. The van der Waals surface area contributed by atoms with Crippen LogP contribution in [0.25, 0.3) is 21.9 Å². The Morgan fingerprint density at radius 3 is 2.67 bits per heavy atom. The number of nitrogens with zero attached hydrogens (tertiary/aromatic N) is 3. The van der Waals surface area contributed by atoms with Crippen molar-refractivity contribution in [2.75, 3.05) is 6.54 Å². The second-order valence-electron chi connectivity index (χ2n) is 7.84. The molecule has 5 rings (SSSR count). The summed E-state index contributed by atoms with van der Waals surface area (Å²) >= 11 is 1.64. The number of hydrogen-bond acceptors (Lipinski definition) is 5. The van der Waals surface area contributed by atoms with Crippen molar-refractivity contribution in [1.29, 1.82) is 0 Å². The summed E-state index contributed by atoms with van der Waals surface area (Å²) in [7, 11) is 2.95. The van der Waals surface area contributed by atoms with Gasteiger partial charge in [0, 0.05) is 48.5 Å². The van der Waals surface area contributed by atoms with Gasteiger partial charge in [0.2, 0.25) is 0 Å². The van der Waals surface area contributed by atoms with Gasteiger partial charge in [-0.2, -0.15) is 0 Å². The SMILES string of the molecule is Cn1c(=O)c2ccc(C(=O)NCC(c3cccs3)c3c[nH]c4ccccc34)nc2n(C)c1=O. The Morgan fingerprint density at radius 1 is 1.06 bits per heavy atom. The molecule has 0 saturated carbocycles. The van der Waals surface area contributed by atoms with Gasteiger partial charge < -0.3 is 10.3 Å². The third-order valence-corrected chi connectivity index (χ3v) is 6.87. The van der Waals surface area contributed by atoms with Crippen molar-refractivity contribution in [2.24, 2.45) is 14.1 Å². The zero-order chi connectivity index (χ0) is 23.1. The predicted molar refractivity (Wildman–Crippen MR) is 129 cm³/mol. The molecule has 0 radical (unpaired) electrons. The first kappa shape index (κ1) is 20.9. The number of H-pyrrole nitrogens is 1. The van der Waals surface area contributed by atoms with Crippen LogP contribution in [0.15, 0.2) is 69.7 Å². The minimum Gasteiger partial charge on any atom is -0.361 e. The highest BCUT2D eigenvalue weighted by Crippen LogP contribution is 2.32. The fourth-order valence-electron chi connectivity index (χ4n) is 4.10. The van der Waals surface area contributed by atoms with E-state index in [1.54, 1.807) is 11.3 Å². The summed E-state index contributed by atoms with van der Waals surface area (Å²) in [5.74, 6) is -0.409. The van der Waals surface area contributed by atoms with Crippen molar-refractivity contribution in [3.05, 3.63) is 97.1 Å². The van der Waals surface area contributed by atoms with Crippen molar-refractivity contribution >= 4 is 39.2 Å². The first-order valence-corrected chi connectivity index (χ1v) is 11.3. The van der Waals surface area contributed by atoms with E-state index in [4.69, 9.17) is 0 Å². The molecule has 9 heteroatoms. The van der Waals surface area contributed by atoms with E-state index in [2.05, 4.69) is 27.4 Å². The van der Waals surface area contributed by atoms with Crippen molar-refractivity contribution < 1.29 is 4.79 Å². The van der Waals surface area contributed by atoms with Gasteiger partial charge in [-0.25, -0.2) is 9.78 Å². The number of aromatic nitrogens is 4. The predicted octanol–water partition coefficient (Wildman–Crippen LogP) is 2.74. The lowest BCUT2D eigenvalue weighted by molar-refractivity contribution is 0.0948. The van der Waals surface area contributed by atoms with E-state index in [0.717, 1.165) is 25.9 Å². The quantitative estimate of drug-likeness (QED) is 0.422. The van der Waals surface area contributed by atoms with E-state index in [1.165, 1.54) is 30.8 Å². The van der Waals surface area contributed by atoms with E-state index in [9.17, 15) is 14.4 Å². The lowest BCUT2D eigenvalue weighted by atomic mass is 9.96. The largest absolute Gasteiger partial charge is 0.361 e. The number of thiophene rings is 1. The van der Waals surface area contributed by atoms with Gasteiger partial charge in [0.1, 0.15) is 11.3 Å².